The van der Waals surface area contributed by atoms with Crippen molar-refractivity contribution in [1.82, 2.24) is 19.3 Å². The van der Waals surface area contributed by atoms with Gasteiger partial charge in [0.2, 0.25) is 0 Å². The Labute approximate surface area is 163 Å². The van der Waals surface area contributed by atoms with Gasteiger partial charge in [0, 0.05) is 34.6 Å². The molecule has 1 unspecified atom stereocenters. The molecule has 0 bridgehead atoms. The summed E-state index contributed by atoms with van der Waals surface area (Å²) < 4.78 is 4.42. The number of aryl methyl sites for hydroxylation is 2. The van der Waals surface area contributed by atoms with E-state index in [-0.39, 0.29) is 6.04 Å². The molecule has 6 heteroatoms. The zero-order valence-electron chi connectivity index (χ0n) is 15.8. The maximum Gasteiger partial charge on any atom is 0.140 e. The lowest BCUT2D eigenvalue weighted by molar-refractivity contribution is 0.608. The third-order valence-electron chi connectivity index (χ3n) is 5.73. The Morgan fingerprint density at radius 2 is 2.04 bits per heavy atom. The zero-order chi connectivity index (χ0) is 18.7. The third kappa shape index (κ3) is 2.45. The maximum absolute atomic E-state index is 6.48. The molecule has 5 nitrogen and oxygen atoms in total. The van der Waals surface area contributed by atoms with E-state index in [1.165, 1.54) is 17.7 Å². The van der Waals surface area contributed by atoms with Crippen molar-refractivity contribution in [1.29, 1.82) is 0 Å². The van der Waals surface area contributed by atoms with Gasteiger partial charge < -0.3 is 9.88 Å². The van der Waals surface area contributed by atoms with Crippen LogP contribution in [0.15, 0.2) is 36.2 Å². The number of anilines is 1. The predicted molar refractivity (Wildman–Crippen MR) is 108 cm³/mol. The fourth-order valence-electron chi connectivity index (χ4n) is 4.36. The second-order valence-corrected chi connectivity index (χ2v) is 7.87. The quantitative estimate of drug-likeness (QED) is 0.699. The van der Waals surface area contributed by atoms with E-state index in [4.69, 9.17) is 16.6 Å². The van der Waals surface area contributed by atoms with E-state index in [2.05, 4.69) is 47.0 Å². The summed E-state index contributed by atoms with van der Waals surface area (Å²) in [5.41, 5.74) is 6.98. The number of rotatable bonds is 2. The van der Waals surface area contributed by atoms with Crippen molar-refractivity contribution in [2.24, 2.45) is 0 Å². The van der Waals surface area contributed by atoms with Crippen LogP contribution in [0, 0.1) is 13.8 Å². The highest BCUT2D eigenvalue weighted by atomic mass is 35.5. The van der Waals surface area contributed by atoms with Gasteiger partial charge in [-0.3, -0.25) is 0 Å². The summed E-state index contributed by atoms with van der Waals surface area (Å²) in [6.07, 6.45) is 4.12. The van der Waals surface area contributed by atoms with E-state index in [1.54, 1.807) is 0 Å². The first-order valence-corrected chi connectivity index (χ1v) is 9.76. The largest absolute Gasteiger partial charge is 0.344 e. The van der Waals surface area contributed by atoms with Crippen LogP contribution in [0.2, 0.25) is 5.02 Å². The number of imidazole rings is 1. The Hall–Kier alpha value is -2.53. The number of hydrogen-bond acceptors (Lipinski definition) is 3. The normalized spacial score (nSPS) is 18.4. The van der Waals surface area contributed by atoms with Crippen LogP contribution in [0.1, 0.15) is 47.7 Å². The third-order valence-corrected chi connectivity index (χ3v) is 6.14. The molecule has 1 atom stereocenters. The molecule has 1 N–H and O–H groups in total. The average molecular weight is 380 g/mol. The van der Waals surface area contributed by atoms with Gasteiger partial charge in [-0.2, -0.15) is 5.10 Å². The molecule has 0 saturated carbocycles. The molecule has 0 spiro atoms. The second-order valence-electron chi connectivity index (χ2n) is 7.46. The molecule has 0 fully saturated rings. The van der Waals surface area contributed by atoms with Crippen molar-refractivity contribution in [3.8, 4) is 0 Å². The molecule has 2 aliphatic heterocycles. The van der Waals surface area contributed by atoms with E-state index < -0.39 is 0 Å². The fraction of sp³-hybridized carbons (Fsp3) is 0.333. The van der Waals surface area contributed by atoms with Crippen molar-refractivity contribution in [2.75, 3.05) is 5.32 Å². The predicted octanol–water partition coefficient (Wildman–Crippen LogP) is 4.74. The summed E-state index contributed by atoms with van der Waals surface area (Å²) in [6, 6.07) is 8.24. The Morgan fingerprint density at radius 3 is 2.85 bits per heavy atom. The molecule has 3 aromatic rings. The fourth-order valence-corrected chi connectivity index (χ4v) is 4.55. The highest BCUT2D eigenvalue weighted by Crippen LogP contribution is 2.42. The SMILES string of the molecule is CC1=C(c2nc(C)c3n2CCC3)C(c2ccc(C)c(Cl)c2)n2nccc2N1. The lowest BCUT2D eigenvalue weighted by Gasteiger charge is -2.30. The van der Waals surface area contributed by atoms with E-state index in [0.717, 1.165) is 52.1 Å². The van der Waals surface area contributed by atoms with Crippen molar-refractivity contribution in [2.45, 2.75) is 46.2 Å². The van der Waals surface area contributed by atoms with Gasteiger partial charge >= 0.3 is 0 Å². The van der Waals surface area contributed by atoms with E-state index in [1.807, 2.05) is 23.9 Å². The minimum atomic E-state index is -0.0548. The van der Waals surface area contributed by atoms with Gasteiger partial charge in [0.05, 0.1) is 11.9 Å². The van der Waals surface area contributed by atoms with E-state index in [0.29, 0.717) is 0 Å². The summed E-state index contributed by atoms with van der Waals surface area (Å²) in [4.78, 5) is 4.97. The standard InChI is InChI=1S/C21H22ClN5/c1-12-6-7-15(11-16(12)22)20-19(14(3)24-18-8-9-23-27(18)20)21-25-13(2)17-5-4-10-26(17)21/h6-9,11,20,24H,4-5,10H2,1-3H3. The number of hydrogen-bond donors (Lipinski definition) is 1. The summed E-state index contributed by atoms with van der Waals surface area (Å²) in [6.45, 7) is 7.29. The highest BCUT2D eigenvalue weighted by molar-refractivity contribution is 6.31. The van der Waals surface area contributed by atoms with Crippen molar-refractivity contribution < 1.29 is 0 Å². The van der Waals surface area contributed by atoms with Crippen LogP contribution in [0.4, 0.5) is 5.82 Å². The zero-order valence-corrected chi connectivity index (χ0v) is 16.5. The number of allylic oxidation sites excluding steroid dienone is 2. The number of nitrogens with one attached hydrogen (secondary N) is 1. The van der Waals surface area contributed by atoms with Crippen molar-refractivity contribution in [3.63, 3.8) is 0 Å². The lowest BCUT2D eigenvalue weighted by atomic mass is 9.94. The molecule has 2 aliphatic rings. The van der Waals surface area contributed by atoms with Gasteiger partial charge in [0.1, 0.15) is 17.7 Å². The van der Waals surface area contributed by atoms with Crippen molar-refractivity contribution >= 4 is 23.0 Å². The van der Waals surface area contributed by atoms with Gasteiger partial charge in [0.25, 0.3) is 0 Å². The van der Waals surface area contributed by atoms with Gasteiger partial charge in [-0.15, -0.1) is 0 Å². The minimum Gasteiger partial charge on any atom is -0.344 e. The van der Waals surface area contributed by atoms with Gasteiger partial charge in [-0.1, -0.05) is 23.7 Å². The van der Waals surface area contributed by atoms with Gasteiger partial charge in [0.15, 0.2) is 0 Å². The topological polar surface area (TPSA) is 47.7 Å². The highest BCUT2D eigenvalue weighted by Gasteiger charge is 2.34. The van der Waals surface area contributed by atoms with Gasteiger partial charge in [-0.25, -0.2) is 9.67 Å². The monoisotopic (exact) mass is 379 g/mol. The summed E-state index contributed by atoms with van der Waals surface area (Å²) in [7, 11) is 0. The van der Waals surface area contributed by atoms with Crippen LogP contribution in [0.25, 0.3) is 5.57 Å². The molecule has 1 aromatic carbocycles. The van der Waals surface area contributed by atoms with Crippen molar-refractivity contribution in [3.05, 3.63) is 69.5 Å². The Morgan fingerprint density at radius 1 is 1.19 bits per heavy atom. The molecule has 5 rings (SSSR count). The van der Waals surface area contributed by atoms with Crippen LogP contribution in [-0.2, 0) is 13.0 Å². The molecular weight excluding hydrogens is 358 g/mol. The second kappa shape index (κ2) is 5.99. The number of benzene rings is 1. The first kappa shape index (κ1) is 16.6. The summed E-state index contributed by atoms with van der Waals surface area (Å²) in [5.74, 6) is 2.04. The maximum atomic E-state index is 6.48. The molecule has 0 aliphatic carbocycles. The first-order chi connectivity index (χ1) is 13.0. The van der Waals surface area contributed by atoms with Crippen LogP contribution >= 0.6 is 11.6 Å². The number of nitrogens with zero attached hydrogens (tertiary/aromatic N) is 4. The average Bonchev–Trinajstić information content (AvgIpc) is 3.35. The van der Waals surface area contributed by atoms with E-state index in [9.17, 15) is 0 Å². The number of aromatic nitrogens is 4. The Bertz CT molecular complexity index is 1090. The van der Waals surface area contributed by atoms with E-state index >= 15 is 0 Å². The van der Waals surface area contributed by atoms with Crippen LogP contribution < -0.4 is 5.32 Å². The molecular formula is C21H22ClN5. The summed E-state index contributed by atoms with van der Waals surface area (Å²) in [5, 5.41) is 8.90. The van der Waals surface area contributed by atoms with Crippen LogP contribution in [0.3, 0.4) is 0 Å². The lowest BCUT2D eigenvalue weighted by Crippen LogP contribution is -2.25. The molecule has 138 valence electrons. The van der Waals surface area contributed by atoms with Gasteiger partial charge in [-0.05, 0) is 50.8 Å². The molecule has 0 radical (unpaired) electrons. The number of halogens is 1. The molecule has 4 heterocycles. The van der Waals surface area contributed by atoms with Crippen LogP contribution in [0.5, 0.6) is 0 Å². The summed E-state index contributed by atoms with van der Waals surface area (Å²) >= 11 is 6.48. The Balaban J connectivity index is 1.75. The minimum absolute atomic E-state index is 0.0548. The molecule has 0 amide bonds. The molecule has 27 heavy (non-hydrogen) atoms. The smallest absolute Gasteiger partial charge is 0.140 e. The number of fused-ring (bicyclic) bond motifs is 2. The molecule has 0 saturated heterocycles. The Kier molecular flexibility index (Phi) is 3.69. The molecule has 2 aromatic heterocycles. The van der Waals surface area contributed by atoms with Crippen LogP contribution in [-0.4, -0.2) is 19.3 Å². The first-order valence-electron chi connectivity index (χ1n) is 9.38.